The number of ether oxygens (including phenoxy) is 1. The first-order valence-corrected chi connectivity index (χ1v) is 3.75. The molecule has 0 aromatic carbocycles. The quantitative estimate of drug-likeness (QED) is 0.425. The molecule has 7 nitrogen and oxygen atoms in total. The van der Waals surface area contributed by atoms with Crippen LogP contribution >= 0.6 is 0 Å². The van der Waals surface area contributed by atoms with Crippen molar-refractivity contribution in [2.24, 2.45) is 10.7 Å². The topological polar surface area (TPSA) is 86.6 Å². The summed E-state index contributed by atoms with van der Waals surface area (Å²) in [5, 5.41) is 4.46. The SMILES string of the molecule is CC(CON=O)OCC(C)ON=O. The van der Waals surface area contributed by atoms with Crippen molar-refractivity contribution in [1.82, 2.24) is 0 Å². The monoisotopic (exact) mass is 192 g/mol. The summed E-state index contributed by atoms with van der Waals surface area (Å²) in [4.78, 5) is 27.7. The Bertz CT molecular complexity index is 154. The van der Waals surface area contributed by atoms with Gasteiger partial charge in [0.1, 0.15) is 6.61 Å². The molecule has 0 amide bonds. The van der Waals surface area contributed by atoms with E-state index in [1.54, 1.807) is 13.8 Å². The van der Waals surface area contributed by atoms with Crippen molar-refractivity contribution in [2.75, 3.05) is 13.2 Å². The lowest BCUT2D eigenvalue weighted by atomic mass is 10.4. The average molecular weight is 192 g/mol. The van der Waals surface area contributed by atoms with E-state index in [2.05, 4.69) is 20.4 Å². The highest BCUT2D eigenvalue weighted by Crippen LogP contribution is 1.97. The molecule has 0 saturated heterocycles. The molecule has 0 fully saturated rings. The van der Waals surface area contributed by atoms with Crippen molar-refractivity contribution in [2.45, 2.75) is 26.1 Å². The molecular formula is C6H12N2O5. The third-order valence-electron chi connectivity index (χ3n) is 1.20. The molecule has 0 N–H and O–H groups in total. The molecule has 7 heteroatoms. The largest absolute Gasteiger partial charge is 0.371 e. The third kappa shape index (κ3) is 7.13. The molecule has 0 spiro atoms. The van der Waals surface area contributed by atoms with Gasteiger partial charge in [-0.05, 0) is 13.8 Å². The zero-order valence-electron chi connectivity index (χ0n) is 7.50. The van der Waals surface area contributed by atoms with Crippen LogP contribution in [0.4, 0.5) is 0 Å². The van der Waals surface area contributed by atoms with Gasteiger partial charge in [-0.15, -0.1) is 9.81 Å². The summed E-state index contributed by atoms with van der Waals surface area (Å²) in [6.45, 7) is 3.61. The molecule has 0 heterocycles. The second kappa shape index (κ2) is 7.41. The van der Waals surface area contributed by atoms with Crippen molar-refractivity contribution < 1.29 is 14.4 Å². The Hall–Kier alpha value is -1.24. The summed E-state index contributed by atoms with van der Waals surface area (Å²) in [5.74, 6) is 0. The van der Waals surface area contributed by atoms with Crippen LogP contribution in [0.3, 0.4) is 0 Å². The standard InChI is InChI=1S/C6H12N2O5/c1-5(4-12-7-9)11-3-6(2)13-8-10/h5-6H,3-4H2,1-2H3. The fraction of sp³-hybridized carbons (Fsp3) is 1.00. The fourth-order valence-corrected chi connectivity index (χ4v) is 0.587. The lowest BCUT2D eigenvalue weighted by molar-refractivity contribution is -0.0572. The van der Waals surface area contributed by atoms with Crippen LogP contribution in [0.2, 0.25) is 0 Å². The molecule has 2 atom stereocenters. The van der Waals surface area contributed by atoms with E-state index in [-0.39, 0.29) is 19.3 Å². The van der Waals surface area contributed by atoms with E-state index in [1.165, 1.54) is 0 Å². The van der Waals surface area contributed by atoms with Gasteiger partial charge in [-0.2, -0.15) is 0 Å². The minimum Gasteiger partial charge on any atom is -0.371 e. The van der Waals surface area contributed by atoms with E-state index < -0.39 is 6.10 Å². The minimum atomic E-state index is -0.413. The van der Waals surface area contributed by atoms with Crippen LogP contribution in [-0.4, -0.2) is 25.4 Å². The zero-order valence-corrected chi connectivity index (χ0v) is 7.50. The Morgan fingerprint density at radius 2 is 1.77 bits per heavy atom. The summed E-state index contributed by atoms with van der Waals surface area (Å²) < 4.78 is 5.11. The van der Waals surface area contributed by atoms with Gasteiger partial charge in [-0.25, -0.2) is 0 Å². The predicted octanol–water partition coefficient (Wildman–Crippen LogP) is 1.18. The lowest BCUT2D eigenvalue weighted by Crippen LogP contribution is -2.21. The maximum Gasteiger partial charge on any atom is 0.155 e. The first-order chi connectivity index (χ1) is 6.20. The molecule has 0 aromatic heterocycles. The summed E-state index contributed by atoms with van der Waals surface area (Å²) in [5.41, 5.74) is 0. The Balaban J connectivity index is 3.38. The van der Waals surface area contributed by atoms with Gasteiger partial charge in [0.25, 0.3) is 0 Å². The van der Waals surface area contributed by atoms with Crippen molar-refractivity contribution in [3.05, 3.63) is 9.81 Å². The third-order valence-corrected chi connectivity index (χ3v) is 1.20. The molecule has 0 aliphatic rings. The summed E-state index contributed by atoms with van der Waals surface area (Å²) >= 11 is 0. The van der Waals surface area contributed by atoms with Gasteiger partial charge in [0.15, 0.2) is 16.8 Å². The number of hydrogen-bond donors (Lipinski definition) is 0. The molecule has 13 heavy (non-hydrogen) atoms. The smallest absolute Gasteiger partial charge is 0.155 e. The van der Waals surface area contributed by atoms with Crippen LogP contribution < -0.4 is 0 Å². The maximum atomic E-state index is 9.62. The first-order valence-electron chi connectivity index (χ1n) is 3.75. The van der Waals surface area contributed by atoms with E-state index in [1.807, 2.05) is 0 Å². The molecule has 0 saturated carbocycles. The highest BCUT2D eigenvalue weighted by Gasteiger charge is 2.08. The van der Waals surface area contributed by atoms with Crippen LogP contribution in [0.1, 0.15) is 13.8 Å². The van der Waals surface area contributed by atoms with Gasteiger partial charge in [-0.1, -0.05) is 0 Å². The number of nitrogens with zero attached hydrogens (tertiary/aromatic N) is 2. The summed E-state index contributed by atoms with van der Waals surface area (Å²) in [6, 6.07) is 0. The van der Waals surface area contributed by atoms with Gasteiger partial charge < -0.3 is 14.4 Å². The Morgan fingerprint density at radius 1 is 1.08 bits per heavy atom. The van der Waals surface area contributed by atoms with E-state index >= 15 is 0 Å². The van der Waals surface area contributed by atoms with Crippen LogP contribution in [0.25, 0.3) is 0 Å². The highest BCUT2D eigenvalue weighted by molar-refractivity contribution is 4.50. The number of hydrogen-bond acceptors (Lipinski definition) is 7. The zero-order chi connectivity index (χ0) is 10.1. The van der Waals surface area contributed by atoms with Crippen molar-refractivity contribution in [1.29, 1.82) is 0 Å². The second-order valence-corrected chi connectivity index (χ2v) is 2.50. The summed E-state index contributed by atoms with van der Waals surface area (Å²) in [7, 11) is 0. The first kappa shape index (κ1) is 11.8. The Labute approximate surface area is 75.2 Å². The average Bonchev–Trinajstić information content (AvgIpc) is 2.12. The molecule has 0 bridgehead atoms. The van der Waals surface area contributed by atoms with Crippen LogP contribution in [-0.2, 0) is 14.4 Å². The predicted molar refractivity (Wildman–Crippen MR) is 43.5 cm³/mol. The van der Waals surface area contributed by atoms with Crippen LogP contribution in [0.5, 0.6) is 0 Å². The maximum absolute atomic E-state index is 9.62. The second-order valence-electron chi connectivity index (χ2n) is 2.50. The fourth-order valence-electron chi connectivity index (χ4n) is 0.587. The Morgan fingerprint density at radius 3 is 2.31 bits per heavy atom. The molecule has 0 aliphatic carbocycles. The van der Waals surface area contributed by atoms with E-state index in [0.29, 0.717) is 0 Å². The minimum absolute atomic E-state index is 0.0741. The van der Waals surface area contributed by atoms with Gasteiger partial charge in [0.2, 0.25) is 0 Å². The highest BCUT2D eigenvalue weighted by atomic mass is 16.7. The van der Waals surface area contributed by atoms with Crippen molar-refractivity contribution in [3.8, 4) is 0 Å². The molecule has 76 valence electrons. The summed E-state index contributed by atoms with van der Waals surface area (Å²) in [6.07, 6.45) is -0.695. The van der Waals surface area contributed by atoms with Gasteiger partial charge in [0, 0.05) is 0 Å². The Kier molecular flexibility index (Phi) is 6.70. The molecule has 0 aliphatic heterocycles. The van der Waals surface area contributed by atoms with Crippen molar-refractivity contribution >= 4 is 0 Å². The number of rotatable bonds is 8. The van der Waals surface area contributed by atoms with Crippen LogP contribution in [0.15, 0.2) is 10.7 Å². The van der Waals surface area contributed by atoms with Gasteiger partial charge >= 0.3 is 0 Å². The molecule has 0 rings (SSSR count). The lowest BCUT2D eigenvalue weighted by Gasteiger charge is -2.12. The van der Waals surface area contributed by atoms with E-state index in [4.69, 9.17) is 4.74 Å². The normalized spacial score (nSPS) is 14.3. The van der Waals surface area contributed by atoms with Gasteiger partial charge in [-0.3, -0.25) is 0 Å². The molecule has 0 aromatic rings. The molecular weight excluding hydrogens is 180 g/mol. The van der Waals surface area contributed by atoms with E-state index in [0.717, 1.165) is 0 Å². The van der Waals surface area contributed by atoms with E-state index in [9.17, 15) is 9.81 Å². The van der Waals surface area contributed by atoms with Gasteiger partial charge in [0.05, 0.1) is 12.7 Å². The van der Waals surface area contributed by atoms with Crippen molar-refractivity contribution in [3.63, 3.8) is 0 Å². The molecule has 0 radical (unpaired) electrons. The molecule has 2 unspecified atom stereocenters. The van der Waals surface area contributed by atoms with Crippen LogP contribution in [0, 0.1) is 9.81 Å².